The lowest BCUT2D eigenvalue weighted by Gasteiger charge is -2.10. The van der Waals surface area contributed by atoms with Crippen LogP contribution < -0.4 is 5.73 Å². The summed E-state index contributed by atoms with van der Waals surface area (Å²) >= 11 is 1.68. The maximum absolute atomic E-state index is 5.77. The van der Waals surface area contributed by atoms with Crippen LogP contribution in [0.3, 0.4) is 0 Å². The molecule has 1 unspecified atom stereocenters. The van der Waals surface area contributed by atoms with Gasteiger partial charge in [-0.15, -0.1) is 11.8 Å². The molecule has 2 aromatic heterocycles. The monoisotopic (exact) mass is 237 g/mol. The summed E-state index contributed by atoms with van der Waals surface area (Å²) < 4.78 is 10.9. The van der Waals surface area contributed by atoms with E-state index < -0.39 is 0 Å². The van der Waals surface area contributed by atoms with E-state index >= 15 is 0 Å². The third-order valence-electron chi connectivity index (χ3n) is 2.37. The molecular formula is C12H15NO2S. The van der Waals surface area contributed by atoms with E-state index in [4.69, 9.17) is 14.6 Å². The van der Waals surface area contributed by atoms with Crippen LogP contribution in [0, 0.1) is 13.8 Å². The van der Waals surface area contributed by atoms with Crippen molar-refractivity contribution in [3.05, 3.63) is 41.7 Å². The van der Waals surface area contributed by atoms with Crippen LogP contribution in [0.4, 0.5) is 0 Å². The minimum Gasteiger partial charge on any atom is -0.468 e. The fraction of sp³-hybridized carbons (Fsp3) is 0.333. The molecule has 4 heteroatoms. The average Bonchev–Trinajstić information content (AvgIpc) is 2.85. The summed E-state index contributed by atoms with van der Waals surface area (Å²) in [6, 6.07) is 5.90. The highest BCUT2D eigenvalue weighted by Crippen LogP contribution is 2.37. The van der Waals surface area contributed by atoms with Crippen molar-refractivity contribution < 1.29 is 8.83 Å². The van der Waals surface area contributed by atoms with Gasteiger partial charge in [-0.2, -0.15) is 0 Å². The summed E-state index contributed by atoms with van der Waals surface area (Å²) in [7, 11) is 0. The number of aryl methyl sites for hydroxylation is 2. The molecule has 16 heavy (non-hydrogen) atoms. The van der Waals surface area contributed by atoms with Gasteiger partial charge in [-0.05, 0) is 32.0 Å². The molecule has 0 radical (unpaired) electrons. The molecule has 0 amide bonds. The maximum atomic E-state index is 5.77. The van der Waals surface area contributed by atoms with Gasteiger partial charge in [0, 0.05) is 11.4 Å². The van der Waals surface area contributed by atoms with Crippen LogP contribution in [0.25, 0.3) is 0 Å². The second-order valence-corrected chi connectivity index (χ2v) is 4.88. The highest BCUT2D eigenvalue weighted by atomic mass is 32.2. The molecule has 0 aliphatic carbocycles. The van der Waals surface area contributed by atoms with Crippen molar-refractivity contribution in [2.45, 2.75) is 24.0 Å². The fourth-order valence-corrected chi connectivity index (χ4v) is 2.49. The molecule has 2 aromatic rings. The summed E-state index contributed by atoms with van der Waals surface area (Å²) in [5.41, 5.74) is 5.77. The summed E-state index contributed by atoms with van der Waals surface area (Å²) in [6.45, 7) is 4.43. The van der Waals surface area contributed by atoms with Crippen LogP contribution >= 0.6 is 11.8 Å². The number of nitrogens with two attached hydrogens (primary N) is 1. The lowest BCUT2D eigenvalue weighted by atomic mass is 10.3. The van der Waals surface area contributed by atoms with Crippen molar-refractivity contribution in [1.29, 1.82) is 0 Å². The first-order chi connectivity index (χ1) is 7.70. The zero-order valence-corrected chi connectivity index (χ0v) is 10.2. The molecule has 0 aliphatic rings. The summed E-state index contributed by atoms with van der Waals surface area (Å²) in [5.74, 6) is 2.76. The van der Waals surface area contributed by atoms with Crippen LogP contribution in [0.2, 0.25) is 0 Å². The molecule has 0 saturated carbocycles. The van der Waals surface area contributed by atoms with Crippen molar-refractivity contribution >= 4 is 11.8 Å². The van der Waals surface area contributed by atoms with Gasteiger partial charge in [-0.25, -0.2) is 0 Å². The highest BCUT2D eigenvalue weighted by molar-refractivity contribution is 7.99. The zero-order chi connectivity index (χ0) is 11.5. The molecule has 0 fully saturated rings. The summed E-state index contributed by atoms with van der Waals surface area (Å²) in [4.78, 5) is 1.12. The molecule has 3 nitrogen and oxygen atoms in total. The summed E-state index contributed by atoms with van der Waals surface area (Å²) in [6.07, 6.45) is 1.69. The van der Waals surface area contributed by atoms with Crippen LogP contribution in [0.15, 0.2) is 38.2 Å². The first-order valence-electron chi connectivity index (χ1n) is 5.18. The van der Waals surface area contributed by atoms with E-state index in [1.165, 1.54) is 0 Å². The van der Waals surface area contributed by atoms with Gasteiger partial charge in [0.05, 0.1) is 11.5 Å². The van der Waals surface area contributed by atoms with Crippen LogP contribution in [0.1, 0.15) is 22.5 Å². The number of rotatable bonds is 4. The topological polar surface area (TPSA) is 52.3 Å². The standard InChI is InChI=1S/C12H15NO2S/c1-8-3-4-10(15-8)12(7-13)16-11-5-6-14-9(11)2/h3-6,12H,7,13H2,1-2H3. The Labute approximate surface area is 99.0 Å². The highest BCUT2D eigenvalue weighted by Gasteiger charge is 2.16. The second kappa shape index (κ2) is 4.80. The van der Waals surface area contributed by atoms with Gasteiger partial charge in [0.2, 0.25) is 0 Å². The van der Waals surface area contributed by atoms with E-state index in [1.807, 2.05) is 32.0 Å². The molecule has 2 N–H and O–H groups in total. The van der Waals surface area contributed by atoms with Gasteiger partial charge >= 0.3 is 0 Å². The quantitative estimate of drug-likeness (QED) is 0.829. The molecule has 0 bridgehead atoms. The second-order valence-electron chi connectivity index (χ2n) is 3.63. The molecule has 0 aromatic carbocycles. The van der Waals surface area contributed by atoms with E-state index in [0.717, 1.165) is 22.2 Å². The largest absolute Gasteiger partial charge is 0.468 e. The lowest BCUT2D eigenvalue weighted by molar-refractivity contribution is 0.481. The Bertz CT molecular complexity index is 461. The lowest BCUT2D eigenvalue weighted by Crippen LogP contribution is -2.08. The minimum atomic E-state index is 0.144. The molecule has 0 spiro atoms. The molecule has 0 saturated heterocycles. The van der Waals surface area contributed by atoms with E-state index in [2.05, 4.69) is 0 Å². The van der Waals surface area contributed by atoms with Gasteiger partial charge in [-0.1, -0.05) is 0 Å². The van der Waals surface area contributed by atoms with Gasteiger partial charge < -0.3 is 14.6 Å². The Balaban J connectivity index is 2.15. The van der Waals surface area contributed by atoms with Gasteiger partial charge in [0.1, 0.15) is 17.3 Å². The number of hydrogen-bond donors (Lipinski definition) is 1. The van der Waals surface area contributed by atoms with Crippen molar-refractivity contribution in [3.63, 3.8) is 0 Å². The van der Waals surface area contributed by atoms with E-state index in [0.29, 0.717) is 6.54 Å². The Morgan fingerprint density at radius 1 is 1.31 bits per heavy atom. The van der Waals surface area contributed by atoms with Gasteiger partial charge in [-0.3, -0.25) is 0 Å². The minimum absolute atomic E-state index is 0.144. The first kappa shape index (κ1) is 11.4. The van der Waals surface area contributed by atoms with E-state index in [9.17, 15) is 0 Å². The predicted molar refractivity (Wildman–Crippen MR) is 64.5 cm³/mol. The molecule has 1 atom stereocenters. The van der Waals surface area contributed by atoms with Crippen molar-refractivity contribution in [1.82, 2.24) is 0 Å². The fourth-order valence-electron chi connectivity index (χ4n) is 1.50. The number of furan rings is 2. The van der Waals surface area contributed by atoms with E-state index in [1.54, 1.807) is 18.0 Å². The number of hydrogen-bond acceptors (Lipinski definition) is 4. The van der Waals surface area contributed by atoms with E-state index in [-0.39, 0.29) is 5.25 Å². The molecule has 2 heterocycles. The smallest absolute Gasteiger partial charge is 0.118 e. The Morgan fingerprint density at radius 2 is 2.12 bits per heavy atom. The molecule has 2 rings (SSSR count). The third kappa shape index (κ3) is 2.33. The molecule has 0 aliphatic heterocycles. The maximum Gasteiger partial charge on any atom is 0.118 e. The Hall–Kier alpha value is -1.13. The SMILES string of the molecule is Cc1ccc(C(CN)Sc2ccoc2C)o1. The van der Waals surface area contributed by atoms with Crippen LogP contribution in [0.5, 0.6) is 0 Å². The van der Waals surface area contributed by atoms with Crippen molar-refractivity contribution in [3.8, 4) is 0 Å². The Morgan fingerprint density at radius 3 is 2.62 bits per heavy atom. The summed E-state index contributed by atoms with van der Waals surface area (Å²) in [5, 5.41) is 0.144. The Kier molecular flexibility index (Phi) is 3.41. The normalized spacial score (nSPS) is 12.9. The third-order valence-corrected chi connectivity index (χ3v) is 3.76. The number of thioether (sulfide) groups is 1. The average molecular weight is 237 g/mol. The zero-order valence-electron chi connectivity index (χ0n) is 9.40. The molecular weight excluding hydrogens is 222 g/mol. The first-order valence-corrected chi connectivity index (χ1v) is 6.06. The van der Waals surface area contributed by atoms with Crippen molar-refractivity contribution in [2.75, 3.05) is 6.54 Å². The van der Waals surface area contributed by atoms with Crippen molar-refractivity contribution in [2.24, 2.45) is 5.73 Å². The van der Waals surface area contributed by atoms with Crippen LogP contribution in [-0.2, 0) is 0 Å². The predicted octanol–water partition coefficient (Wildman–Crippen LogP) is 3.28. The molecule has 86 valence electrons. The van der Waals surface area contributed by atoms with Crippen LogP contribution in [-0.4, -0.2) is 6.54 Å². The van der Waals surface area contributed by atoms with Gasteiger partial charge in [0.25, 0.3) is 0 Å². The van der Waals surface area contributed by atoms with Gasteiger partial charge in [0.15, 0.2) is 0 Å².